The number of likely N-dealkylation sites (tertiary alicyclic amines) is 1. The van der Waals surface area contributed by atoms with E-state index in [1.807, 2.05) is 6.92 Å². The summed E-state index contributed by atoms with van der Waals surface area (Å²) in [4.78, 5) is 27.9. The van der Waals surface area contributed by atoms with Crippen LogP contribution in [0.4, 0.5) is 4.79 Å². The number of ether oxygens (including phenoxy) is 3. The quantitative estimate of drug-likeness (QED) is 0.641. The number of imide groups is 1. The molecule has 0 aromatic rings. The van der Waals surface area contributed by atoms with E-state index in [9.17, 15) is 9.59 Å². The molecule has 6 nitrogen and oxygen atoms in total. The molecule has 2 bridgehead atoms. The molecule has 150 valence electrons. The molecule has 4 fully saturated rings. The monoisotopic (exact) mass is 377 g/mol. The van der Waals surface area contributed by atoms with Gasteiger partial charge in [0.05, 0.1) is 18.6 Å². The number of carbonyl (C=O) groups excluding carboxylic acids is 2. The predicted octanol–water partition coefficient (Wildman–Crippen LogP) is 3.85. The number of allylic oxidation sites excluding steroid dienone is 1. The van der Waals surface area contributed by atoms with Crippen molar-refractivity contribution in [3.05, 3.63) is 12.3 Å². The molecule has 2 saturated carbocycles. The van der Waals surface area contributed by atoms with Crippen molar-refractivity contribution in [3.63, 3.8) is 0 Å². The summed E-state index contributed by atoms with van der Waals surface area (Å²) in [5, 5.41) is 0. The van der Waals surface area contributed by atoms with E-state index in [4.69, 9.17) is 14.2 Å². The lowest BCUT2D eigenvalue weighted by Gasteiger charge is -2.61. The highest BCUT2D eigenvalue weighted by Gasteiger charge is 2.75. The largest absolute Gasteiger partial charge is 0.443 e. The number of hydrogen-bond acceptors (Lipinski definition) is 5. The Morgan fingerprint density at radius 3 is 2.44 bits per heavy atom. The lowest BCUT2D eigenvalue weighted by Crippen LogP contribution is -2.68. The number of amides is 2. The van der Waals surface area contributed by atoms with Gasteiger partial charge in [-0.05, 0) is 52.9 Å². The zero-order valence-electron chi connectivity index (χ0n) is 17.1. The number of hydrogen-bond donors (Lipinski definition) is 0. The summed E-state index contributed by atoms with van der Waals surface area (Å²) >= 11 is 0. The fourth-order valence-electron chi connectivity index (χ4n) is 6.12. The summed E-state index contributed by atoms with van der Waals surface area (Å²) in [6.07, 6.45) is 2.73. The van der Waals surface area contributed by atoms with Crippen LogP contribution in [-0.4, -0.2) is 41.5 Å². The summed E-state index contributed by atoms with van der Waals surface area (Å²) in [7, 11) is 0. The number of rotatable bonds is 0. The average Bonchev–Trinajstić information content (AvgIpc) is 3.16. The lowest BCUT2D eigenvalue weighted by molar-refractivity contribution is -0.246. The van der Waals surface area contributed by atoms with Gasteiger partial charge in [-0.1, -0.05) is 13.5 Å². The minimum atomic E-state index is -0.753. The topological polar surface area (TPSA) is 65.1 Å². The van der Waals surface area contributed by atoms with Crippen molar-refractivity contribution in [2.24, 2.45) is 22.7 Å². The van der Waals surface area contributed by atoms with E-state index in [0.717, 1.165) is 25.7 Å². The third-order valence-corrected chi connectivity index (χ3v) is 7.42. The molecule has 0 aromatic heterocycles. The molecule has 1 spiro atoms. The highest BCUT2D eigenvalue weighted by atomic mass is 16.7. The van der Waals surface area contributed by atoms with E-state index in [1.54, 1.807) is 20.8 Å². The Bertz CT molecular complexity index is 704. The lowest BCUT2D eigenvalue weighted by atomic mass is 9.48. The van der Waals surface area contributed by atoms with E-state index in [-0.39, 0.29) is 23.2 Å². The molecule has 0 unspecified atom stereocenters. The first kappa shape index (κ1) is 18.9. The van der Waals surface area contributed by atoms with Crippen LogP contribution in [0, 0.1) is 22.7 Å². The first-order valence-electron chi connectivity index (χ1n) is 10.0. The molecule has 2 amide bonds. The Morgan fingerprint density at radius 1 is 1.22 bits per heavy atom. The molecule has 4 atom stereocenters. The molecule has 4 rings (SSSR count). The number of nitrogens with zero attached hydrogens (tertiary/aromatic N) is 1. The summed E-state index contributed by atoms with van der Waals surface area (Å²) in [6.45, 7) is 14.9. The standard InChI is InChI=1S/C21H31NO5/c1-13-7-8-20-9-10-21(25-11-12-26-21)15(20)19(13,6)16(23)22(14(20)2)17(24)27-18(3,4)5/h13,15H,2,7-12H2,1,3-6H3/t13-,15+,19-,20+/m1/s1. The van der Waals surface area contributed by atoms with Crippen LogP contribution >= 0.6 is 0 Å². The van der Waals surface area contributed by atoms with Crippen molar-refractivity contribution in [2.75, 3.05) is 13.2 Å². The van der Waals surface area contributed by atoms with Gasteiger partial charge in [-0.25, -0.2) is 9.69 Å². The third kappa shape index (κ3) is 2.32. The highest BCUT2D eigenvalue weighted by molar-refractivity contribution is 5.99. The fraction of sp³-hybridized carbons (Fsp3) is 0.810. The van der Waals surface area contributed by atoms with Crippen LogP contribution < -0.4 is 0 Å². The van der Waals surface area contributed by atoms with Crippen LogP contribution in [0.3, 0.4) is 0 Å². The second-order valence-corrected chi connectivity index (χ2v) is 9.89. The van der Waals surface area contributed by atoms with E-state index >= 15 is 0 Å². The zero-order valence-corrected chi connectivity index (χ0v) is 17.1. The molecule has 0 radical (unpaired) electrons. The molecule has 2 aliphatic carbocycles. The molecule has 2 aliphatic heterocycles. The van der Waals surface area contributed by atoms with Crippen molar-refractivity contribution < 1.29 is 23.8 Å². The summed E-state index contributed by atoms with van der Waals surface area (Å²) in [5.74, 6) is -0.969. The van der Waals surface area contributed by atoms with E-state index in [0.29, 0.717) is 18.9 Å². The normalized spacial score (nSPS) is 40.4. The van der Waals surface area contributed by atoms with Crippen LogP contribution in [0.1, 0.15) is 60.3 Å². The third-order valence-electron chi connectivity index (χ3n) is 7.42. The SMILES string of the molecule is C=C1N(C(=O)OC(C)(C)C)C(=O)[C@]2(C)[C@H](C)CC[C@]13CCC1(OCCO1)[C@H]32. The van der Waals surface area contributed by atoms with Gasteiger partial charge in [-0.15, -0.1) is 0 Å². The Balaban J connectivity index is 1.82. The van der Waals surface area contributed by atoms with Crippen LogP contribution in [0.25, 0.3) is 0 Å². The second kappa shape index (κ2) is 5.57. The summed E-state index contributed by atoms with van der Waals surface area (Å²) in [5.41, 5.74) is -1.23. The van der Waals surface area contributed by atoms with Crippen LogP contribution in [0.15, 0.2) is 12.3 Å². The van der Waals surface area contributed by atoms with Crippen LogP contribution in [0.5, 0.6) is 0 Å². The molecule has 6 heteroatoms. The van der Waals surface area contributed by atoms with Crippen molar-refractivity contribution in [1.82, 2.24) is 4.90 Å². The first-order valence-corrected chi connectivity index (χ1v) is 10.0. The van der Waals surface area contributed by atoms with Gasteiger partial charge in [-0.2, -0.15) is 0 Å². The summed E-state index contributed by atoms with van der Waals surface area (Å²) < 4.78 is 17.8. The Labute approximate surface area is 161 Å². The van der Waals surface area contributed by atoms with Gasteiger partial charge in [0.1, 0.15) is 5.60 Å². The maximum Gasteiger partial charge on any atom is 0.421 e. The smallest absolute Gasteiger partial charge is 0.421 e. The molecule has 27 heavy (non-hydrogen) atoms. The van der Waals surface area contributed by atoms with Crippen molar-refractivity contribution in [1.29, 1.82) is 0 Å². The molecule has 0 N–H and O–H groups in total. The first-order chi connectivity index (χ1) is 12.5. The van der Waals surface area contributed by atoms with E-state index < -0.39 is 22.9 Å². The zero-order chi connectivity index (χ0) is 19.8. The number of piperidine rings is 1. The van der Waals surface area contributed by atoms with Gasteiger partial charge in [-0.3, -0.25) is 4.79 Å². The van der Waals surface area contributed by atoms with Gasteiger partial charge in [0.2, 0.25) is 5.91 Å². The average molecular weight is 377 g/mol. The fourth-order valence-corrected chi connectivity index (χ4v) is 6.12. The highest BCUT2D eigenvalue weighted by Crippen LogP contribution is 2.72. The Morgan fingerprint density at radius 2 is 1.85 bits per heavy atom. The molecular weight excluding hydrogens is 346 g/mol. The predicted molar refractivity (Wildman–Crippen MR) is 98.5 cm³/mol. The van der Waals surface area contributed by atoms with Crippen molar-refractivity contribution in [2.45, 2.75) is 71.7 Å². The molecule has 2 saturated heterocycles. The van der Waals surface area contributed by atoms with Gasteiger partial charge in [0.15, 0.2) is 5.79 Å². The van der Waals surface area contributed by atoms with E-state index in [2.05, 4.69) is 13.5 Å². The summed E-state index contributed by atoms with van der Waals surface area (Å²) in [6, 6.07) is 0. The molecular formula is C21H31NO5. The maximum atomic E-state index is 13.7. The van der Waals surface area contributed by atoms with Gasteiger partial charge < -0.3 is 14.2 Å². The van der Waals surface area contributed by atoms with Crippen LogP contribution in [-0.2, 0) is 19.0 Å². The molecule has 4 aliphatic rings. The van der Waals surface area contributed by atoms with Gasteiger partial charge in [0.25, 0.3) is 0 Å². The maximum absolute atomic E-state index is 13.7. The molecule has 2 heterocycles. The second-order valence-electron chi connectivity index (χ2n) is 9.89. The van der Waals surface area contributed by atoms with E-state index in [1.165, 1.54) is 4.90 Å². The van der Waals surface area contributed by atoms with Crippen LogP contribution in [0.2, 0.25) is 0 Å². The van der Waals surface area contributed by atoms with Gasteiger partial charge >= 0.3 is 6.09 Å². The minimum Gasteiger partial charge on any atom is -0.443 e. The molecule has 0 aromatic carbocycles. The van der Waals surface area contributed by atoms with Gasteiger partial charge in [0, 0.05) is 23.5 Å². The Kier molecular flexibility index (Phi) is 3.91. The van der Waals surface area contributed by atoms with Crippen molar-refractivity contribution >= 4 is 12.0 Å². The number of carbonyl (C=O) groups is 2. The van der Waals surface area contributed by atoms with Crippen molar-refractivity contribution in [3.8, 4) is 0 Å². The Hall–Kier alpha value is -1.40. The minimum absolute atomic E-state index is 0.115.